The van der Waals surface area contributed by atoms with Crippen molar-refractivity contribution in [3.63, 3.8) is 0 Å². The number of halogens is 4. The van der Waals surface area contributed by atoms with Crippen molar-refractivity contribution in [2.24, 2.45) is 0 Å². The standard InChI is InChI=1S/C13H11Cl3INS/c1-2-18-12(8-6-11(15)19-13(8)16)7-3-4-10(17)9(14)5-7/h3-6,12,18H,2H2,1H3. The summed E-state index contributed by atoms with van der Waals surface area (Å²) in [4.78, 5) is 0. The molecule has 1 N–H and O–H groups in total. The van der Waals surface area contributed by atoms with E-state index in [-0.39, 0.29) is 6.04 Å². The average molecular weight is 447 g/mol. The van der Waals surface area contributed by atoms with Gasteiger partial charge in [-0.1, -0.05) is 47.8 Å². The SMILES string of the molecule is CCNC(c1ccc(I)c(Cl)c1)c1cc(Cl)sc1Cl. The number of rotatable bonds is 4. The van der Waals surface area contributed by atoms with Crippen LogP contribution in [0.25, 0.3) is 0 Å². The lowest BCUT2D eigenvalue weighted by Gasteiger charge is -2.18. The van der Waals surface area contributed by atoms with Crippen LogP contribution in [-0.2, 0) is 0 Å². The van der Waals surface area contributed by atoms with Gasteiger partial charge in [0.05, 0.1) is 19.7 Å². The van der Waals surface area contributed by atoms with Crippen LogP contribution in [0, 0.1) is 3.57 Å². The van der Waals surface area contributed by atoms with Gasteiger partial charge in [0, 0.05) is 9.13 Å². The molecule has 1 atom stereocenters. The van der Waals surface area contributed by atoms with Crippen LogP contribution in [0.3, 0.4) is 0 Å². The molecule has 102 valence electrons. The maximum absolute atomic E-state index is 6.26. The average Bonchev–Trinajstić information content (AvgIpc) is 2.69. The molecule has 0 aliphatic carbocycles. The predicted octanol–water partition coefficient (Wildman–Crippen LogP) is 6.01. The fourth-order valence-electron chi connectivity index (χ4n) is 1.85. The monoisotopic (exact) mass is 445 g/mol. The topological polar surface area (TPSA) is 12.0 Å². The van der Waals surface area contributed by atoms with Crippen molar-refractivity contribution in [1.29, 1.82) is 0 Å². The van der Waals surface area contributed by atoms with Crippen LogP contribution in [0.2, 0.25) is 13.7 Å². The molecule has 1 aromatic carbocycles. The van der Waals surface area contributed by atoms with Crippen LogP contribution >= 0.6 is 68.7 Å². The third-order valence-corrected chi connectivity index (χ3v) is 5.77. The fourth-order valence-corrected chi connectivity index (χ4v) is 3.91. The van der Waals surface area contributed by atoms with E-state index in [1.165, 1.54) is 11.3 Å². The van der Waals surface area contributed by atoms with Gasteiger partial charge in [-0.15, -0.1) is 11.3 Å². The predicted molar refractivity (Wildman–Crippen MR) is 94.0 cm³/mol. The van der Waals surface area contributed by atoms with Gasteiger partial charge in [0.2, 0.25) is 0 Å². The van der Waals surface area contributed by atoms with Gasteiger partial charge in [-0.2, -0.15) is 0 Å². The Morgan fingerprint density at radius 3 is 2.53 bits per heavy atom. The zero-order valence-corrected chi connectivity index (χ0v) is 15.3. The Labute approximate surface area is 145 Å². The Balaban J connectivity index is 2.44. The maximum Gasteiger partial charge on any atom is 0.0995 e. The van der Waals surface area contributed by atoms with Gasteiger partial charge in [-0.05, 0) is 52.9 Å². The van der Waals surface area contributed by atoms with Crippen molar-refractivity contribution in [3.05, 3.63) is 52.7 Å². The molecule has 0 aliphatic rings. The maximum atomic E-state index is 6.26. The molecule has 0 saturated heterocycles. The van der Waals surface area contributed by atoms with Gasteiger partial charge in [-0.3, -0.25) is 0 Å². The molecule has 0 fully saturated rings. The van der Waals surface area contributed by atoms with Crippen LogP contribution in [0.15, 0.2) is 24.3 Å². The van der Waals surface area contributed by atoms with E-state index in [4.69, 9.17) is 34.8 Å². The second kappa shape index (κ2) is 6.96. The summed E-state index contributed by atoms with van der Waals surface area (Å²) in [6.45, 7) is 2.89. The van der Waals surface area contributed by atoms with Gasteiger partial charge in [0.1, 0.15) is 0 Å². The molecule has 19 heavy (non-hydrogen) atoms. The molecule has 0 aliphatic heterocycles. The molecular weight excluding hydrogens is 435 g/mol. The van der Waals surface area contributed by atoms with Crippen LogP contribution in [0.4, 0.5) is 0 Å². The van der Waals surface area contributed by atoms with Gasteiger partial charge >= 0.3 is 0 Å². The zero-order chi connectivity index (χ0) is 14.0. The first-order chi connectivity index (χ1) is 9.02. The molecule has 1 heterocycles. The van der Waals surface area contributed by atoms with Crippen LogP contribution < -0.4 is 5.32 Å². The summed E-state index contributed by atoms with van der Waals surface area (Å²) in [7, 11) is 0. The highest BCUT2D eigenvalue weighted by molar-refractivity contribution is 14.1. The molecule has 2 aromatic rings. The molecule has 0 amide bonds. The first-order valence-corrected chi connectivity index (χ1v) is 8.69. The minimum Gasteiger partial charge on any atom is -0.306 e. The van der Waals surface area contributed by atoms with Gasteiger partial charge < -0.3 is 5.32 Å². The third kappa shape index (κ3) is 3.77. The van der Waals surface area contributed by atoms with Crippen molar-refractivity contribution in [2.45, 2.75) is 13.0 Å². The minimum atomic E-state index is 0.00995. The van der Waals surface area contributed by atoms with Gasteiger partial charge in [0.25, 0.3) is 0 Å². The quantitative estimate of drug-likeness (QED) is 0.567. The lowest BCUT2D eigenvalue weighted by Crippen LogP contribution is -2.21. The second-order valence-electron chi connectivity index (χ2n) is 3.94. The summed E-state index contributed by atoms with van der Waals surface area (Å²) in [6.07, 6.45) is 0. The van der Waals surface area contributed by atoms with Crippen molar-refractivity contribution in [2.75, 3.05) is 6.54 Å². The number of nitrogens with one attached hydrogen (secondary N) is 1. The van der Waals surface area contributed by atoms with Crippen molar-refractivity contribution in [3.8, 4) is 0 Å². The van der Waals surface area contributed by atoms with Crippen LogP contribution in [-0.4, -0.2) is 6.54 Å². The first kappa shape index (κ1) is 15.9. The highest BCUT2D eigenvalue weighted by Gasteiger charge is 2.19. The minimum absolute atomic E-state index is 0.00995. The van der Waals surface area contributed by atoms with E-state index >= 15 is 0 Å². The first-order valence-electron chi connectivity index (χ1n) is 5.66. The molecule has 0 bridgehead atoms. The molecule has 0 spiro atoms. The summed E-state index contributed by atoms with van der Waals surface area (Å²) < 4.78 is 2.44. The molecule has 0 radical (unpaired) electrons. The molecule has 1 nitrogen and oxygen atoms in total. The summed E-state index contributed by atoms with van der Waals surface area (Å²) in [6, 6.07) is 7.95. The molecule has 0 saturated carbocycles. The van der Waals surface area contributed by atoms with Crippen molar-refractivity contribution < 1.29 is 0 Å². The van der Waals surface area contributed by atoms with E-state index < -0.39 is 0 Å². The normalized spacial score (nSPS) is 12.7. The number of hydrogen-bond acceptors (Lipinski definition) is 2. The third-order valence-electron chi connectivity index (χ3n) is 2.68. The highest BCUT2D eigenvalue weighted by atomic mass is 127. The van der Waals surface area contributed by atoms with Crippen LogP contribution in [0.1, 0.15) is 24.1 Å². The van der Waals surface area contributed by atoms with Crippen molar-refractivity contribution in [1.82, 2.24) is 5.32 Å². The molecular formula is C13H11Cl3INS. The smallest absolute Gasteiger partial charge is 0.0995 e. The Kier molecular flexibility index (Phi) is 5.81. The lowest BCUT2D eigenvalue weighted by atomic mass is 10.0. The number of thiophene rings is 1. The zero-order valence-electron chi connectivity index (χ0n) is 10.0. The van der Waals surface area contributed by atoms with E-state index in [1.807, 2.05) is 18.2 Å². The van der Waals surface area contributed by atoms with E-state index in [1.54, 1.807) is 0 Å². The van der Waals surface area contributed by atoms with E-state index in [2.05, 4.69) is 40.9 Å². The summed E-state index contributed by atoms with van der Waals surface area (Å²) >= 11 is 22.1. The van der Waals surface area contributed by atoms with E-state index in [0.717, 1.165) is 26.3 Å². The summed E-state index contributed by atoms with van der Waals surface area (Å²) in [5.41, 5.74) is 2.08. The van der Waals surface area contributed by atoms with Gasteiger partial charge in [-0.25, -0.2) is 0 Å². The Morgan fingerprint density at radius 2 is 2.00 bits per heavy atom. The second-order valence-corrected chi connectivity index (χ2v) is 7.80. The Bertz CT molecular complexity index is 585. The lowest BCUT2D eigenvalue weighted by molar-refractivity contribution is 0.632. The number of hydrogen-bond donors (Lipinski definition) is 1. The molecule has 1 aromatic heterocycles. The van der Waals surface area contributed by atoms with E-state index in [9.17, 15) is 0 Å². The summed E-state index contributed by atoms with van der Waals surface area (Å²) in [5, 5.41) is 4.17. The van der Waals surface area contributed by atoms with Gasteiger partial charge in [0.15, 0.2) is 0 Å². The van der Waals surface area contributed by atoms with Crippen molar-refractivity contribution >= 4 is 68.7 Å². The number of benzene rings is 1. The van der Waals surface area contributed by atoms with Crippen LogP contribution in [0.5, 0.6) is 0 Å². The van der Waals surface area contributed by atoms with E-state index in [0.29, 0.717) is 8.67 Å². The molecule has 2 rings (SSSR count). The fraction of sp³-hybridized carbons (Fsp3) is 0.231. The molecule has 6 heteroatoms. The largest absolute Gasteiger partial charge is 0.306 e. The highest BCUT2D eigenvalue weighted by Crippen LogP contribution is 2.38. The Morgan fingerprint density at radius 1 is 1.26 bits per heavy atom. The molecule has 1 unspecified atom stereocenters. The Hall–Kier alpha value is 0.480. The summed E-state index contributed by atoms with van der Waals surface area (Å²) in [5.74, 6) is 0.